The molecule has 0 amide bonds. The Morgan fingerprint density at radius 3 is 2.75 bits per heavy atom. The van der Waals surface area contributed by atoms with Crippen molar-refractivity contribution in [2.75, 3.05) is 5.75 Å². The average Bonchev–Trinajstić information content (AvgIpc) is 2.10. The number of rotatable bonds is 7. The van der Waals surface area contributed by atoms with E-state index in [1.807, 2.05) is 17.8 Å². The minimum absolute atomic E-state index is 0.151. The van der Waals surface area contributed by atoms with E-state index < -0.39 is 0 Å². The molecule has 0 saturated heterocycles. The van der Waals surface area contributed by atoms with E-state index in [9.17, 15) is 5.11 Å². The molecule has 0 fully saturated rings. The minimum Gasteiger partial charge on any atom is -0.392 e. The highest BCUT2D eigenvalue weighted by molar-refractivity contribution is 7.99. The van der Waals surface area contributed by atoms with Crippen molar-refractivity contribution in [1.29, 1.82) is 0 Å². The van der Waals surface area contributed by atoms with E-state index in [1.54, 1.807) is 0 Å². The van der Waals surface area contributed by atoms with E-state index in [0.717, 1.165) is 18.6 Å². The molecule has 0 aliphatic heterocycles. The Morgan fingerprint density at radius 2 is 2.25 bits per heavy atom. The van der Waals surface area contributed by atoms with Crippen LogP contribution in [-0.2, 0) is 0 Å². The first-order valence-corrected chi connectivity index (χ1v) is 5.66. The summed E-state index contributed by atoms with van der Waals surface area (Å²) >= 11 is 1.85. The molecule has 2 atom stereocenters. The topological polar surface area (TPSA) is 20.2 Å². The second-order valence-electron chi connectivity index (χ2n) is 3.07. The summed E-state index contributed by atoms with van der Waals surface area (Å²) in [6.45, 7) is 8.00. The van der Waals surface area contributed by atoms with Crippen LogP contribution in [0.3, 0.4) is 0 Å². The summed E-state index contributed by atoms with van der Waals surface area (Å²) in [5.74, 6) is 0.864. The summed E-state index contributed by atoms with van der Waals surface area (Å²) in [6.07, 6.45) is 4.66. The molecule has 1 N–H and O–H groups in total. The van der Waals surface area contributed by atoms with Gasteiger partial charge in [0, 0.05) is 11.0 Å². The van der Waals surface area contributed by atoms with Crippen LogP contribution in [0, 0.1) is 0 Å². The number of allylic oxidation sites excluding steroid dienone is 1. The van der Waals surface area contributed by atoms with Crippen LogP contribution in [-0.4, -0.2) is 22.2 Å². The zero-order valence-corrected chi connectivity index (χ0v) is 8.94. The Kier molecular flexibility index (Phi) is 7.72. The molecule has 12 heavy (non-hydrogen) atoms. The molecule has 1 nitrogen and oxygen atoms in total. The Bertz CT molecular complexity index is 114. The van der Waals surface area contributed by atoms with Gasteiger partial charge in [0.25, 0.3) is 0 Å². The van der Waals surface area contributed by atoms with Gasteiger partial charge in [0.05, 0.1) is 6.10 Å². The molecular weight excluding hydrogens is 168 g/mol. The van der Waals surface area contributed by atoms with Crippen molar-refractivity contribution in [2.24, 2.45) is 0 Å². The molecule has 72 valence electrons. The highest BCUT2D eigenvalue weighted by Gasteiger charge is 2.05. The third-order valence-electron chi connectivity index (χ3n) is 1.85. The fourth-order valence-corrected chi connectivity index (χ4v) is 1.74. The average molecular weight is 188 g/mol. The smallest absolute Gasteiger partial charge is 0.0633 e. The van der Waals surface area contributed by atoms with Gasteiger partial charge in [-0.25, -0.2) is 0 Å². The van der Waals surface area contributed by atoms with Crippen LogP contribution in [0.5, 0.6) is 0 Å². The number of hydrogen-bond acceptors (Lipinski definition) is 2. The van der Waals surface area contributed by atoms with Gasteiger partial charge in [0.2, 0.25) is 0 Å². The second-order valence-corrected chi connectivity index (χ2v) is 4.54. The van der Waals surface area contributed by atoms with Crippen LogP contribution >= 0.6 is 11.8 Å². The maximum absolute atomic E-state index is 9.46. The van der Waals surface area contributed by atoms with E-state index >= 15 is 0 Å². The summed E-state index contributed by atoms with van der Waals surface area (Å²) in [6, 6.07) is 0. The van der Waals surface area contributed by atoms with Crippen molar-refractivity contribution >= 4 is 11.8 Å². The molecule has 2 unspecified atom stereocenters. The summed E-state index contributed by atoms with van der Waals surface area (Å²) in [4.78, 5) is 0. The highest BCUT2D eigenvalue weighted by Crippen LogP contribution is 2.16. The van der Waals surface area contributed by atoms with Gasteiger partial charge in [0.15, 0.2) is 0 Å². The van der Waals surface area contributed by atoms with E-state index in [2.05, 4.69) is 20.4 Å². The quantitative estimate of drug-likeness (QED) is 0.620. The van der Waals surface area contributed by atoms with Crippen molar-refractivity contribution in [2.45, 2.75) is 44.5 Å². The molecule has 0 heterocycles. The zero-order valence-electron chi connectivity index (χ0n) is 8.12. The largest absolute Gasteiger partial charge is 0.392 e. The van der Waals surface area contributed by atoms with E-state index in [1.165, 1.54) is 6.42 Å². The lowest BCUT2D eigenvalue weighted by Crippen LogP contribution is -2.11. The third-order valence-corrected chi connectivity index (χ3v) is 3.33. The highest BCUT2D eigenvalue weighted by atomic mass is 32.2. The van der Waals surface area contributed by atoms with Gasteiger partial charge in [-0.3, -0.25) is 0 Å². The minimum atomic E-state index is -0.151. The Balaban J connectivity index is 3.29. The predicted molar refractivity (Wildman–Crippen MR) is 57.6 cm³/mol. The number of aliphatic hydroxyl groups excluding tert-OH is 1. The number of thioether (sulfide) groups is 1. The van der Waals surface area contributed by atoms with Crippen LogP contribution < -0.4 is 0 Å². The molecule has 0 rings (SSSR count). The summed E-state index contributed by atoms with van der Waals surface area (Å²) < 4.78 is 0. The molecule has 0 saturated carbocycles. The van der Waals surface area contributed by atoms with Gasteiger partial charge in [-0.1, -0.05) is 19.9 Å². The van der Waals surface area contributed by atoms with Crippen molar-refractivity contribution in [1.82, 2.24) is 0 Å². The molecule has 0 radical (unpaired) electrons. The Morgan fingerprint density at radius 1 is 1.58 bits per heavy atom. The molecular formula is C10H20OS. The lowest BCUT2D eigenvalue weighted by Gasteiger charge is -2.12. The molecule has 0 aliphatic carbocycles. The molecule has 2 heteroatoms. The normalized spacial score (nSPS) is 15.6. The van der Waals surface area contributed by atoms with Gasteiger partial charge < -0.3 is 5.11 Å². The van der Waals surface area contributed by atoms with Gasteiger partial charge in [-0.15, -0.1) is 6.58 Å². The van der Waals surface area contributed by atoms with Gasteiger partial charge in [0.1, 0.15) is 0 Å². The van der Waals surface area contributed by atoms with E-state index in [0.29, 0.717) is 5.25 Å². The maximum Gasteiger partial charge on any atom is 0.0633 e. The van der Waals surface area contributed by atoms with Gasteiger partial charge >= 0.3 is 0 Å². The molecule has 0 aromatic heterocycles. The van der Waals surface area contributed by atoms with E-state index in [4.69, 9.17) is 0 Å². The van der Waals surface area contributed by atoms with Gasteiger partial charge in [-0.2, -0.15) is 11.8 Å². The SMILES string of the molecule is C=CCCC(O)CSC(C)CC. The lowest BCUT2D eigenvalue weighted by molar-refractivity contribution is 0.190. The summed E-state index contributed by atoms with van der Waals surface area (Å²) in [5.41, 5.74) is 0. The predicted octanol–water partition coefficient (Wildman–Crippen LogP) is 2.85. The van der Waals surface area contributed by atoms with Crippen LogP contribution in [0.15, 0.2) is 12.7 Å². The van der Waals surface area contributed by atoms with Crippen molar-refractivity contribution in [3.05, 3.63) is 12.7 Å². The Hall–Kier alpha value is 0.0500. The van der Waals surface area contributed by atoms with Crippen molar-refractivity contribution in [3.8, 4) is 0 Å². The van der Waals surface area contributed by atoms with Crippen LogP contribution in [0.1, 0.15) is 33.1 Å². The molecule has 0 bridgehead atoms. The van der Waals surface area contributed by atoms with E-state index in [-0.39, 0.29) is 6.10 Å². The van der Waals surface area contributed by atoms with Crippen LogP contribution in [0.2, 0.25) is 0 Å². The molecule has 0 aromatic carbocycles. The van der Waals surface area contributed by atoms with Crippen LogP contribution in [0.4, 0.5) is 0 Å². The number of aliphatic hydroxyl groups is 1. The van der Waals surface area contributed by atoms with Crippen molar-refractivity contribution < 1.29 is 5.11 Å². The van der Waals surface area contributed by atoms with Gasteiger partial charge in [-0.05, 0) is 19.3 Å². The first-order valence-electron chi connectivity index (χ1n) is 4.61. The fourth-order valence-electron chi connectivity index (χ4n) is 0.787. The second kappa shape index (κ2) is 7.69. The molecule has 0 aliphatic rings. The number of hydrogen-bond donors (Lipinski definition) is 1. The molecule has 0 aromatic rings. The fraction of sp³-hybridized carbons (Fsp3) is 0.800. The van der Waals surface area contributed by atoms with Crippen molar-refractivity contribution in [3.63, 3.8) is 0 Å². The van der Waals surface area contributed by atoms with Crippen LogP contribution in [0.25, 0.3) is 0 Å². The first-order chi connectivity index (χ1) is 5.70. The summed E-state index contributed by atoms with van der Waals surface area (Å²) in [5, 5.41) is 10.1. The summed E-state index contributed by atoms with van der Waals surface area (Å²) in [7, 11) is 0. The maximum atomic E-state index is 9.46. The Labute approximate surface area is 80.3 Å². The monoisotopic (exact) mass is 188 g/mol. The first kappa shape index (κ1) is 12.0. The lowest BCUT2D eigenvalue weighted by atomic mass is 10.2. The standard InChI is InChI=1S/C10H20OS/c1-4-6-7-10(11)8-12-9(3)5-2/h4,9-11H,1,5-8H2,2-3H3. The zero-order chi connectivity index (χ0) is 9.40. The molecule has 0 spiro atoms. The third kappa shape index (κ3) is 6.74.